The van der Waals surface area contributed by atoms with Crippen molar-refractivity contribution in [3.63, 3.8) is 0 Å². The number of sulfonamides is 1. The summed E-state index contributed by atoms with van der Waals surface area (Å²) in [4.78, 5) is 33.9. The molecule has 0 fully saturated rings. The molecule has 2 heterocycles. The highest BCUT2D eigenvalue weighted by Gasteiger charge is 2.18. The number of halogens is 1. The molecule has 0 unspecified atom stereocenters. The number of pyridine rings is 2. The Morgan fingerprint density at radius 2 is 1.67 bits per heavy atom. The molecule has 0 saturated heterocycles. The van der Waals surface area contributed by atoms with Crippen LogP contribution in [0, 0.1) is 0 Å². The molecule has 8 nitrogen and oxygen atoms in total. The minimum absolute atomic E-state index is 0. The molecular formula is C26H23BrN4O4S. The first-order valence-corrected chi connectivity index (χ1v) is 12.7. The van der Waals surface area contributed by atoms with E-state index < -0.39 is 15.9 Å². The maximum atomic E-state index is 13.0. The number of primary sulfonamides is 1. The molecule has 0 aliphatic carbocycles. The van der Waals surface area contributed by atoms with E-state index in [0.717, 1.165) is 4.47 Å². The smallest absolute Gasteiger partial charge is 0.257 e. The van der Waals surface area contributed by atoms with Crippen molar-refractivity contribution in [1.82, 2.24) is 9.97 Å². The van der Waals surface area contributed by atoms with Crippen molar-refractivity contribution in [2.24, 2.45) is 5.14 Å². The van der Waals surface area contributed by atoms with Gasteiger partial charge < -0.3 is 5.32 Å². The Morgan fingerprint density at radius 3 is 2.33 bits per heavy atom. The number of nitrogens with two attached hydrogens (primary N) is 1. The van der Waals surface area contributed by atoms with Gasteiger partial charge in [0.05, 0.1) is 4.90 Å². The topological polar surface area (TPSA) is 132 Å². The molecule has 0 bridgehead atoms. The van der Waals surface area contributed by atoms with Gasteiger partial charge in [0, 0.05) is 46.2 Å². The average Bonchev–Trinajstić information content (AvgIpc) is 2.85. The molecule has 0 radical (unpaired) electrons. The maximum Gasteiger partial charge on any atom is 0.257 e. The molecule has 0 aliphatic rings. The summed E-state index contributed by atoms with van der Waals surface area (Å²) < 4.78 is 24.6. The summed E-state index contributed by atoms with van der Waals surface area (Å²) in [6.45, 7) is 0. The van der Waals surface area contributed by atoms with Crippen LogP contribution in [0.3, 0.4) is 0 Å². The van der Waals surface area contributed by atoms with Gasteiger partial charge in [-0.1, -0.05) is 49.9 Å². The molecule has 184 valence electrons. The zero-order chi connectivity index (χ0) is 25.0. The molecule has 0 atom stereocenters. The van der Waals surface area contributed by atoms with Crippen molar-refractivity contribution < 1.29 is 18.0 Å². The Morgan fingerprint density at radius 1 is 0.944 bits per heavy atom. The highest BCUT2D eigenvalue weighted by molar-refractivity contribution is 9.10. The van der Waals surface area contributed by atoms with E-state index in [0.29, 0.717) is 33.6 Å². The summed E-state index contributed by atoms with van der Waals surface area (Å²) in [7, 11) is -3.91. The van der Waals surface area contributed by atoms with Gasteiger partial charge in [-0.3, -0.25) is 14.6 Å². The SMILES string of the molecule is C.NS(=O)(=O)c1ccccc1-c1ccc(C(=O)Cc2cnccc2C(=O)Nc2ccc(Br)cn2)cc1. The first-order valence-electron chi connectivity index (χ1n) is 10.3. The Labute approximate surface area is 217 Å². The molecule has 0 saturated carbocycles. The summed E-state index contributed by atoms with van der Waals surface area (Å²) in [6, 6.07) is 17.9. The Hall–Kier alpha value is -3.73. The monoisotopic (exact) mass is 566 g/mol. The van der Waals surface area contributed by atoms with Crippen LogP contribution in [0.4, 0.5) is 5.82 Å². The number of hydrogen-bond acceptors (Lipinski definition) is 6. The largest absolute Gasteiger partial charge is 0.307 e. The second-order valence-electron chi connectivity index (χ2n) is 7.57. The van der Waals surface area contributed by atoms with E-state index in [2.05, 4.69) is 31.2 Å². The molecule has 2 aromatic heterocycles. The Kier molecular flexibility index (Phi) is 8.46. The second kappa shape index (κ2) is 11.3. The van der Waals surface area contributed by atoms with E-state index in [-0.39, 0.29) is 24.5 Å². The zero-order valence-corrected chi connectivity index (χ0v) is 20.6. The van der Waals surface area contributed by atoms with Gasteiger partial charge in [0.25, 0.3) is 5.91 Å². The molecular weight excluding hydrogens is 544 g/mol. The number of Topliss-reactive ketones (excluding diaryl/α,β-unsaturated/α-hetero) is 1. The molecule has 0 spiro atoms. The van der Waals surface area contributed by atoms with Crippen LogP contribution < -0.4 is 10.5 Å². The average molecular weight is 567 g/mol. The van der Waals surface area contributed by atoms with Crippen LogP contribution in [-0.2, 0) is 16.4 Å². The van der Waals surface area contributed by atoms with E-state index in [1.54, 1.807) is 66.9 Å². The lowest BCUT2D eigenvalue weighted by Gasteiger charge is -2.10. The summed E-state index contributed by atoms with van der Waals surface area (Å²) in [5.41, 5.74) is 2.25. The van der Waals surface area contributed by atoms with Crippen molar-refractivity contribution in [3.8, 4) is 11.1 Å². The molecule has 36 heavy (non-hydrogen) atoms. The third-order valence-corrected chi connectivity index (χ3v) is 6.62. The number of anilines is 1. The van der Waals surface area contributed by atoms with Gasteiger partial charge in [0.2, 0.25) is 10.0 Å². The van der Waals surface area contributed by atoms with Crippen LogP contribution in [0.15, 0.2) is 94.7 Å². The number of amides is 1. The van der Waals surface area contributed by atoms with Crippen LogP contribution in [0.5, 0.6) is 0 Å². The fraction of sp³-hybridized carbons (Fsp3) is 0.0769. The van der Waals surface area contributed by atoms with Gasteiger partial charge in [-0.25, -0.2) is 18.5 Å². The number of carbonyl (C=O) groups excluding carboxylic acids is 2. The van der Waals surface area contributed by atoms with E-state index in [9.17, 15) is 18.0 Å². The summed E-state index contributed by atoms with van der Waals surface area (Å²) >= 11 is 3.29. The van der Waals surface area contributed by atoms with Gasteiger partial charge in [0.1, 0.15) is 5.82 Å². The normalized spacial score (nSPS) is 10.8. The zero-order valence-electron chi connectivity index (χ0n) is 18.2. The van der Waals surface area contributed by atoms with Crippen LogP contribution in [0.1, 0.15) is 33.7 Å². The standard InChI is InChI=1S/C25H19BrN4O4S.CH4/c26-19-9-10-24(29-15-19)30-25(32)21-11-12-28-14-18(21)13-22(31)17-7-5-16(6-8-17)20-3-1-2-4-23(20)35(27,33)34;/h1-12,14-15H,13H2,(H2,27,33,34)(H,29,30,32);1H4. The van der Waals surface area contributed by atoms with Crippen LogP contribution in [0.2, 0.25) is 0 Å². The van der Waals surface area contributed by atoms with Gasteiger partial charge >= 0.3 is 0 Å². The number of rotatable bonds is 7. The number of nitrogens with zero attached hydrogens (tertiary/aromatic N) is 2. The van der Waals surface area contributed by atoms with Crippen molar-refractivity contribution in [3.05, 3.63) is 106 Å². The van der Waals surface area contributed by atoms with Gasteiger partial charge in [-0.05, 0) is 51.3 Å². The second-order valence-corrected chi connectivity index (χ2v) is 10.0. The van der Waals surface area contributed by atoms with Crippen LogP contribution in [-0.4, -0.2) is 30.1 Å². The van der Waals surface area contributed by atoms with Gasteiger partial charge in [-0.15, -0.1) is 0 Å². The third-order valence-electron chi connectivity index (χ3n) is 5.18. The quantitative estimate of drug-likeness (QED) is 0.307. The molecule has 4 aromatic rings. The first kappa shape index (κ1) is 26.9. The summed E-state index contributed by atoms with van der Waals surface area (Å²) in [6.07, 6.45) is 4.49. The predicted octanol–water partition coefficient (Wildman–Crippen LogP) is 4.87. The molecule has 10 heteroatoms. The van der Waals surface area contributed by atoms with Crippen molar-refractivity contribution >= 4 is 43.5 Å². The lowest BCUT2D eigenvalue weighted by molar-refractivity contribution is 0.0992. The predicted molar refractivity (Wildman–Crippen MR) is 142 cm³/mol. The van der Waals surface area contributed by atoms with E-state index in [4.69, 9.17) is 5.14 Å². The molecule has 3 N–H and O–H groups in total. The lowest BCUT2D eigenvalue weighted by Crippen LogP contribution is -2.17. The number of carbonyl (C=O) groups is 2. The van der Waals surface area contributed by atoms with Crippen molar-refractivity contribution in [2.75, 3.05) is 5.32 Å². The van der Waals surface area contributed by atoms with Crippen molar-refractivity contribution in [1.29, 1.82) is 0 Å². The molecule has 4 rings (SSSR count). The highest BCUT2D eigenvalue weighted by atomic mass is 79.9. The fourth-order valence-corrected chi connectivity index (χ4v) is 4.48. The summed E-state index contributed by atoms with van der Waals surface area (Å²) in [5.74, 6) is -0.247. The lowest BCUT2D eigenvalue weighted by atomic mass is 9.98. The number of ketones is 1. The number of nitrogens with one attached hydrogen (secondary N) is 1. The van der Waals surface area contributed by atoms with Crippen LogP contribution >= 0.6 is 15.9 Å². The third kappa shape index (κ3) is 6.28. The summed E-state index contributed by atoms with van der Waals surface area (Å²) in [5, 5.41) is 8.04. The highest BCUT2D eigenvalue weighted by Crippen LogP contribution is 2.27. The number of hydrogen-bond donors (Lipinski definition) is 2. The van der Waals surface area contributed by atoms with Crippen LogP contribution in [0.25, 0.3) is 11.1 Å². The van der Waals surface area contributed by atoms with E-state index in [1.165, 1.54) is 18.5 Å². The fourth-order valence-electron chi connectivity index (χ4n) is 3.49. The molecule has 1 amide bonds. The van der Waals surface area contributed by atoms with Crippen molar-refractivity contribution in [2.45, 2.75) is 18.7 Å². The minimum Gasteiger partial charge on any atom is -0.307 e. The maximum absolute atomic E-state index is 13.0. The first-order chi connectivity index (χ1) is 16.7. The van der Waals surface area contributed by atoms with Gasteiger partial charge in [-0.2, -0.15) is 0 Å². The Bertz CT molecular complexity index is 1510. The number of aromatic nitrogens is 2. The minimum atomic E-state index is -3.91. The van der Waals surface area contributed by atoms with Gasteiger partial charge in [0.15, 0.2) is 5.78 Å². The molecule has 2 aromatic carbocycles. The molecule has 0 aliphatic heterocycles. The Balaban J connectivity index is 0.00000361. The van der Waals surface area contributed by atoms with E-state index >= 15 is 0 Å². The number of benzene rings is 2. The van der Waals surface area contributed by atoms with E-state index in [1.807, 2.05) is 0 Å².